The summed E-state index contributed by atoms with van der Waals surface area (Å²) in [7, 11) is -2.46. The molecule has 0 spiro atoms. The molecule has 0 saturated carbocycles. The number of anilines is 1. The number of piperidine rings is 1. The van der Waals surface area contributed by atoms with Gasteiger partial charge in [0.15, 0.2) is 0 Å². The largest absolute Gasteiger partial charge is 0.383 e. The van der Waals surface area contributed by atoms with Crippen molar-refractivity contribution in [2.45, 2.75) is 49.6 Å². The summed E-state index contributed by atoms with van der Waals surface area (Å²) in [6.07, 6.45) is 2.64. The molecule has 2 N–H and O–H groups in total. The van der Waals surface area contributed by atoms with Crippen molar-refractivity contribution < 1.29 is 27.5 Å². The summed E-state index contributed by atoms with van der Waals surface area (Å²) >= 11 is 6.09. The zero-order valence-corrected chi connectivity index (χ0v) is 20.2. The summed E-state index contributed by atoms with van der Waals surface area (Å²) in [5, 5.41) is 2.57. The van der Waals surface area contributed by atoms with Gasteiger partial charge in [0.2, 0.25) is 27.7 Å². The summed E-state index contributed by atoms with van der Waals surface area (Å²) in [6.45, 7) is 2.69. The Morgan fingerprint density at radius 1 is 1.21 bits per heavy atom. The number of nitrogens with zero attached hydrogens (tertiary/aromatic N) is 2. The van der Waals surface area contributed by atoms with Crippen LogP contribution >= 0.6 is 11.6 Å². The molecule has 3 rings (SSSR count). The minimum absolute atomic E-state index is 0.00176. The number of rotatable bonds is 8. The maximum Gasteiger partial charge on any atom is 0.242 e. The van der Waals surface area contributed by atoms with Crippen molar-refractivity contribution in [2.75, 3.05) is 38.7 Å². The number of sulfonamides is 1. The van der Waals surface area contributed by atoms with Crippen LogP contribution in [0.15, 0.2) is 23.1 Å². The van der Waals surface area contributed by atoms with Gasteiger partial charge >= 0.3 is 0 Å². The fourth-order valence-corrected chi connectivity index (χ4v) is 5.74. The van der Waals surface area contributed by atoms with Crippen LogP contribution in [0.25, 0.3) is 0 Å². The van der Waals surface area contributed by atoms with E-state index in [2.05, 4.69) is 10.0 Å². The van der Waals surface area contributed by atoms with E-state index < -0.39 is 22.0 Å². The molecule has 12 heteroatoms. The molecule has 0 aliphatic carbocycles. The van der Waals surface area contributed by atoms with E-state index in [1.54, 1.807) is 12.0 Å². The van der Waals surface area contributed by atoms with Gasteiger partial charge in [-0.2, -0.15) is 4.72 Å². The summed E-state index contributed by atoms with van der Waals surface area (Å²) in [5.74, 6) is -0.927. The Hall–Kier alpha value is -2.21. The molecule has 2 aliphatic heterocycles. The van der Waals surface area contributed by atoms with Crippen molar-refractivity contribution in [3.8, 4) is 0 Å². The first-order chi connectivity index (χ1) is 15.6. The molecule has 10 nitrogen and oxygen atoms in total. The van der Waals surface area contributed by atoms with Crippen LogP contribution in [0.3, 0.4) is 0 Å². The van der Waals surface area contributed by atoms with E-state index in [-0.39, 0.29) is 40.0 Å². The van der Waals surface area contributed by atoms with Gasteiger partial charge in [-0.05, 0) is 43.9 Å². The third-order valence-corrected chi connectivity index (χ3v) is 7.55. The minimum atomic E-state index is -4.05. The zero-order chi connectivity index (χ0) is 24.2. The average Bonchev–Trinajstić information content (AvgIpc) is 3.20. The first-order valence-corrected chi connectivity index (χ1v) is 12.6. The molecule has 33 heavy (non-hydrogen) atoms. The molecule has 2 fully saturated rings. The zero-order valence-electron chi connectivity index (χ0n) is 18.7. The number of carbonyl (C=O) groups is 3. The summed E-state index contributed by atoms with van der Waals surface area (Å²) < 4.78 is 33.4. The lowest BCUT2D eigenvalue weighted by Crippen LogP contribution is -2.55. The van der Waals surface area contributed by atoms with Gasteiger partial charge in [-0.15, -0.1) is 0 Å². The molecular formula is C21H29ClN4O6S. The molecule has 2 aliphatic rings. The standard InChI is InChI=1S/C21H29ClN4O6S/c1-14(27)23-18-8-7-16(11-17(18)22)33(30,31)24-19-6-4-9-25(21(19)29)12-20(28)26-10-3-5-15(26)13-32-2/h7-8,11,15,19,24H,3-6,9-10,12-13H2,1-2H3,(H,23,27). The number of hydrogen-bond donors (Lipinski definition) is 2. The molecule has 0 bridgehead atoms. The lowest BCUT2D eigenvalue weighted by atomic mass is 10.1. The van der Waals surface area contributed by atoms with Crippen molar-refractivity contribution in [1.29, 1.82) is 0 Å². The first kappa shape index (κ1) is 25.4. The molecule has 2 heterocycles. The first-order valence-electron chi connectivity index (χ1n) is 10.8. The number of hydrogen-bond acceptors (Lipinski definition) is 6. The van der Waals surface area contributed by atoms with Crippen LogP contribution in [-0.4, -0.2) is 81.4 Å². The minimum Gasteiger partial charge on any atom is -0.383 e. The van der Waals surface area contributed by atoms with E-state index in [0.717, 1.165) is 12.8 Å². The third-order valence-electron chi connectivity index (χ3n) is 5.77. The van der Waals surface area contributed by atoms with E-state index in [4.69, 9.17) is 16.3 Å². The third kappa shape index (κ3) is 6.23. The second kappa shape index (κ2) is 10.8. The van der Waals surface area contributed by atoms with E-state index in [0.29, 0.717) is 32.5 Å². The Labute approximate surface area is 198 Å². The van der Waals surface area contributed by atoms with Gasteiger partial charge in [-0.3, -0.25) is 14.4 Å². The van der Waals surface area contributed by atoms with E-state index in [9.17, 15) is 22.8 Å². The number of likely N-dealkylation sites (tertiary alicyclic amines) is 2. The van der Waals surface area contributed by atoms with Crippen LogP contribution < -0.4 is 10.0 Å². The average molecular weight is 501 g/mol. The Morgan fingerprint density at radius 3 is 2.61 bits per heavy atom. The van der Waals surface area contributed by atoms with Crippen molar-refractivity contribution in [3.63, 3.8) is 0 Å². The van der Waals surface area contributed by atoms with E-state index in [1.807, 2.05) is 0 Å². The monoisotopic (exact) mass is 500 g/mol. The van der Waals surface area contributed by atoms with Crippen molar-refractivity contribution in [2.24, 2.45) is 0 Å². The molecule has 2 atom stereocenters. The lowest BCUT2D eigenvalue weighted by molar-refractivity contribution is -0.144. The van der Waals surface area contributed by atoms with Crippen molar-refractivity contribution in [3.05, 3.63) is 23.2 Å². The highest BCUT2D eigenvalue weighted by Crippen LogP contribution is 2.26. The maximum absolute atomic E-state index is 13.0. The predicted octanol–water partition coefficient (Wildman–Crippen LogP) is 1.21. The molecule has 2 unspecified atom stereocenters. The molecule has 1 aromatic carbocycles. The SMILES string of the molecule is COCC1CCCN1C(=O)CN1CCCC(NS(=O)(=O)c2ccc(NC(C)=O)c(Cl)c2)C1=O. The highest BCUT2D eigenvalue weighted by molar-refractivity contribution is 7.89. The summed E-state index contributed by atoms with van der Waals surface area (Å²) in [6, 6.07) is 2.93. The fraction of sp³-hybridized carbons (Fsp3) is 0.571. The lowest BCUT2D eigenvalue weighted by Gasteiger charge is -2.34. The predicted molar refractivity (Wildman–Crippen MR) is 122 cm³/mol. The highest BCUT2D eigenvalue weighted by Gasteiger charge is 2.36. The van der Waals surface area contributed by atoms with Crippen LogP contribution in [0.4, 0.5) is 5.69 Å². The molecule has 3 amide bonds. The number of benzene rings is 1. The Balaban J connectivity index is 1.66. The van der Waals surface area contributed by atoms with Crippen molar-refractivity contribution >= 4 is 45.0 Å². The molecule has 2 saturated heterocycles. The summed E-state index contributed by atoms with van der Waals surface area (Å²) in [5.41, 5.74) is 0.287. The topological polar surface area (TPSA) is 125 Å². The van der Waals surface area contributed by atoms with Crippen LogP contribution in [0.5, 0.6) is 0 Å². The molecule has 182 valence electrons. The number of ether oxygens (including phenoxy) is 1. The fourth-order valence-electron chi connectivity index (χ4n) is 4.20. The van der Waals surface area contributed by atoms with E-state index >= 15 is 0 Å². The molecule has 0 aromatic heterocycles. The number of carbonyl (C=O) groups excluding carboxylic acids is 3. The van der Waals surface area contributed by atoms with Crippen molar-refractivity contribution in [1.82, 2.24) is 14.5 Å². The van der Waals surface area contributed by atoms with Crippen LogP contribution in [0, 0.1) is 0 Å². The van der Waals surface area contributed by atoms with Gasteiger partial charge in [0.25, 0.3) is 0 Å². The number of amides is 3. The second-order valence-corrected chi connectivity index (χ2v) is 10.4. The van der Waals surface area contributed by atoms with Crippen LogP contribution in [0.1, 0.15) is 32.6 Å². The van der Waals surface area contributed by atoms with Gasteiger partial charge in [0, 0.05) is 27.1 Å². The highest BCUT2D eigenvalue weighted by atomic mass is 35.5. The number of nitrogens with one attached hydrogen (secondary N) is 2. The molecule has 0 radical (unpaired) electrons. The summed E-state index contributed by atoms with van der Waals surface area (Å²) in [4.78, 5) is 40.0. The molecule has 1 aromatic rings. The molecular weight excluding hydrogens is 472 g/mol. The Kier molecular flexibility index (Phi) is 8.33. The smallest absolute Gasteiger partial charge is 0.242 e. The normalized spacial score (nSPS) is 21.4. The second-order valence-electron chi connectivity index (χ2n) is 8.24. The van der Waals surface area contributed by atoms with Gasteiger partial charge in [0.1, 0.15) is 6.04 Å². The maximum atomic E-state index is 13.0. The van der Waals surface area contributed by atoms with Gasteiger partial charge in [-0.25, -0.2) is 8.42 Å². The van der Waals surface area contributed by atoms with Crippen LogP contribution in [0.2, 0.25) is 5.02 Å². The van der Waals surface area contributed by atoms with Gasteiger partial charge < -0.3 is 19.9 Å². The van der Waals surface area contributed by atoms with Gasteiger partial charge in [0.05, 0.1) is 34.8 Å². The van der Waals surface area contributed by atoms with Crippen LogP contribution in [-0.2, 0) is 29.1 Å². The number of methoxy groups -OCH3 is 1. The Morgan fingerprint density at radius 2 is 1.94 bits per heavy atom. The number of halogens is 1. The van der Waals surface area contributed by atoms with Gasteiger partial charge in [-0.1, -0.05) is 11.6 Å². The van der Waals surface area contributed by atoms with E-state index in [1.165, 1.54) is 30.0 Å². The Bertz CT molecular complexity index is 1020. The quantitative estimate of drug-likeness (QED) is 0.552.